The SMILES string of the molecule is COc1ccc(CCC(N)=O)c2ccncc12. The minimum atomic E-state index is -0.289. The number of primary amides is 1. The standard InChI is InChI=1S/C13H14N2O2/c1-17-12-4-2-9(3-5-13(14)16)10-6-7-15-8-11(10)12/h2,4,6-8H,3,5H2,1H3,(H2,14,16). The van der Waals surface area contributed by atoms with Crippen molar-refractivity contribution in [3.05, 3.63) is 36.2 Å². The Labute approximate surface area is 99.4 Å². The summed E-state index contributed by atoms with van der Waals surface area (Å²) >= 11 is 0. The van der Waals surface area contributed by atoms with Gasteiger partial charge in [0.25, 0.3) is 0 Å². The summed E-state index contributed by atoms with van der Waals surface area (Å²) in [6.07, 6.45) is 4.49. The van der Waals surface area contributed by atoms with Crippen LogP contribution in [0.2, 0.25) is 0 Å². The van der Waals surface area contributed by atoms with Gasteiger partial charge in [-0.3, -0.25) is 9.78 Å². The molecule has 0 atom stereocenters. The van der Waals surface area contributed by atoms with Gasteiger partial charge in [-0.2, -0.15) is 0 Å². The first kappa shape index (κ1) is 11.4. The third-order valence-electron chi connectivity index (χ3n) is 2.73. The highest BCUT2D eigenvalue weighted by Gasteiger charge is 2.07. The Kier molecular flexibility index (Phi) is 3.23. The van der Waals surface area contributed by atoms with Gasteiger partial charge in [0, 0.05) is 24.2 Å². The van der Waals surface area contributed by atoms with Crippen LogP contribution in [0.5, 0.6) is 5.75 Å². The summed E-state index contributed by atoms with van der Waals surface area (Å²) in [5.74, 6) is 0.499. The highest BCUT2D eigenvalue weighted by Crippen LogP contribution is 2.28. The predicted octanol–water partition coefficient (Wildman–Crippen LogP) is 1.66. The summed E-state index contributed by atoms with van der Waals surface area (Å²) in [6, 6.07) is 5.78. The van der Waals surface area contributed by atoms with E-state index in [0.717, 1.165) is 22.1 Å². The Morgan fingerprint density at radius 3 is 2.88 bits per heavy atom. The molecule has 0 bridgehead atoms. The van der Waals surface area contributed by atoms with Crippen molar-refractivity contribution in [1.29, 1.82) is 0 Å². The lowest BCUT2D eigenvalue weighted by Gasteiger charge is -2.09. The van der Waals surface area contributed by atoms with E-state index in [1.54, 1.807) is 19.5 Å². The number of nitrogens with two attached hydrogens (primary N) is 1. The number of ether oxygens (including phenoxy) is 1. The zero-order chi connectivity index (χ0) is 12.3. The Balaban J connectivity index is 2.47. The summed E-state index contributed by atoms with van der Waals surface area (Å²) in [5.41, 5.74) is 6.25. The lowest BCUT2D eigenvalue weighted by Crippen LogP contribution is -2.11. The molecule has 0 radical (unpaired) electrons. The van der Waals surface area contributed by atoms with E-state index in [1.807, 2.05) is 18.2 Å². The average molecular weight is 230 g/mol. The average Bonchev–Trinajstić information content (AvgIpc) is 2.35. The molecule has 4 heteroatoms. The molecule has 0 saturated heterocycles. The third-order valence-corrected chi connectivity index (χ3v) is 2.73. The number of benzene rings is 1. The molecule has 1 aromatic heterocycles. The van der Waals surface area contributed by atoms with Gasteiger partial charge < -0.3 is 10.5 Å². The van der Waals surface area contributed by atoms with Crippen LogP contribution < -0.4 is 10.5 Å². The number of pyridine rings is 1. The van der Waals surface area contributed by atoms with Crippen molar-refractivity contribution in [2.75, 3.05) is 7.11 Å². The van der Waals surface area contributed by atoms with E-state index in [1.165, 1.54) is 0 Å². The van der Waals surface area contributed by atoms with Gasteiger partial charge in [0.15, 0.2) is 0 Å². The largest absolute Gasteiger partial charge is 0.496 e. The van der Waals surface area contributed by atoms with E-state index in [0.29, 0.717) is 12.8 Å². The van der Waals surface area contributed by atoms with E-state index in [9.17, 15) is 4.79 Å². The molecule has 17 heavy (non-hydrogen) atoms. The monoisotopic (exact) mass is 230 g/mol. The molecule has 2 N–H and O–H groups in total. The summed E-state index contributed by atoms with van der Waals surface area (Å²) in [4.78, 5) is 14.9. The van der Waals surface area contributed by atoms with Crippen LogP contribution in [0.3, 0.4) is 0 Å². The fourth-order valence-electron chi connectivity index (χ4n) is 1.88. The molecule has 1 amide bonds. The first-order valence-electron chi connectivity index (χ1n) is 5.40. The van der Waals surface area contributed by atoms with Crippen LogP contribution in [0.4, 0.5) is 0 Å². The van der Waals surface area contributed by atoms with Crippen molar-refractivity contribution >= 4 is 16.7 Å². The van der Waals surface area contributed by atoms with Crippen LogP contribution in [-0.4, -0.2) is 18.0 Å². The van der Waals surface area contributed by atoms with E-state index in [4.69, 9.17) is 10.5 Å². The topological polar surface area (TPSA) is 65.2 Å². The minimum absolute atomic E-state index is 0.289. The van der Waals surface area contributed by atoms with Crippen LogP contribution >= 0.6 is 0 Å². The third kappa shape index (κ3) is 2.36. The van der Waals surface area contributed by atoms with E-state index >= 15 is 0 Å². The maximum Gasteiger partial charge on any atom is 0.217 e. The predicted molar refractivity (Wildman–Crippen MR) is 65.8 cm³/mol. The van der Waals surface area contributed by atoms with Gasteiger partial charge in [-0.25, -0.2) is 0 Å². The second kappa shape index (κ2) is 4.82. The van der Waals surface area contributed by atoms with Crippen molar-refractivity contribution in [3.63, 3.8) is 0 Å². The number of rotatable bonds is 4. The minimum Gasteiger partial charge on any atom is -0.496 e. The maximum atomic E-state index is 10.8. The van der Waals surface area contributed by atoms with Crippen molar-refractivity contribution in [2.45, 2.75) is 12.8 Å². The fraction of sp³-hybridized carbons (Fsp3) is 0.231. The smallest absolute Gasteiger partial charge is 0.217 e. The van der Waals surface area contributed by atoms with Crippen LogP contribution in [0, 0.1) is 0 Å². The number of hydrogen-bond acceptors (Lipinski definition) is 3. The van der Waals surface area contributed by atoms with Crippen LogP contribution in [0.25, 0.3) is 10.8 Å². The molecule has 0 saturated carbocycles. The Bertz CT molecular complexity index is 552. The van der Waals surface area contributed by atoms with Crippen LogP contribution in [0.15, 0.2) is 30.6 Å². The molecular formula is C13H14N2O2. The normalized spacial score (nSPS) is 10.4. The number of aromatic nitrogens is 1. The van der Waals surface area contributed by atoms with Crippen molar-refractivity contribution in [1.82, 2.24) is 4.98 Å². The van der Waals surface area contributed by atoms with Gasteiger partial charge in [0.05, 0.1) is 7.11 Å². The number of aryl methyl sites for hydroxylation is 1. The second-order valence-electron chi connectivity index (χ2n) is 3.81. The van der Waals surface area contributed by atoms with Crippen molar-refractivity contribution < 1.29 is 9.53 Å². The van der Waals surface area contributed by atoms with Gasteiger partial charge in [-0.15, -0.1) is 0 Å². The summed E-state index contributed by atoms with van der Waals surface area (Å²) in [7, 11) is 1.63. The quantitative estimate of drug-likeness (QED) is 0.868. The number of carbonyl (C=O) groups is 1. The molecule has 88 valence electrons. The summed E-state index contributed by atoms with van der Waals surface area (Å²) in [6.45, 7) is 0. The van der Waals surface area contributed by atoms with Gasteiger partial charge in [-0.05, 0) is 29.5 Å². The Hall–Kier alpha value is -2.10. The highest BCUT2D eigenvalue weighted by atomic mass is 16.5. The second-order valence-corrected chi connectivity index (χ2v) is 3.81. The lowest BCUT2D eigenvalue weighted by atomic mass is 10.0. The molecule has 2 aromatic rings. The Morgan fingerprint density at radius 2 is 2.18 bits per heavy atom. The number of amides is 1. The van der Waals surface area contributed by atoms with E-state index in [-0.39, 0.29) is 5.91 Å². The zero-order valence-corrected chi connectivity index (χ0v) is 9.64. The van der Waals surface area contributed by atoms with Crippen LogP contribution in [-0.2, 0) is 11.2 Å². The number of carbonyl (C=O) groups excluding carboxylic acids is 1. The van der Waals surface area contributed by atoms with Crippen molar-refractivity contribution in [3.8, 4) is 5.75 Å². The molecule has 2 rings (SSSR count). The lowest BCUT2D eigenvalue weighted by molar-refractivity contribution is -0.117. The van der Waals surface area contributed by atoms with E-state index in [2.05, 4.69) is 4.98 Å². The zero-order valence-electron chi connectivity index (χ0n) is 9.64. The van der Waals surface area contributed by atoms with Gasteiger partial charge >= 0.3 is 0 Å². The molecule has 0 aliphatic rings. The fourth-order valence-corrected chi connectivity index (χ4v) is 1.88. The number of nitrogens with zero attached hydrogens (tertiary/aromatic N) is 1. The van der Waals surface area contributed by atoms with Crippen molar-refractivity contribution in [2.24, 2.45) is 5.73 Å². The molecule has 0 fully saturated rings. The molecule has 0 aliphatic carbocycles. The Morgan fingerprint density at radius 1 is 1.35 bits per heavy atom. The van der Waals surface area contributed by atoms with Crippen LogP contribution in [0.1, 0.15) is 12.0 Å². The molecule has 0 aliphatic heterocycles. The van der Waals surface area contributed by atoms with Gasteiger partial charge in [0.2, 0.25) is 5.91 Å². The number of hydrogen-bond donors (Lipinski definition) is 1. The summed E-state index contributed by atoms with van der Waals surface area (Å²) in [5, 5.41) is 2.01. The first-order chi connectivity index (χ1) is 8.22. The first-order valence-corrected chi connectivity index (χ1v) is 5.40. The number of fused-ring (bicyclic) bond motifs is 1. The maximum absolute atomic E-state index is 10.8. The highest BCUT2D eigenvalue weighted by molar-refractivity contribution is 5.90. The molecular weight excluding hydrogens is 216 g/mol. The number of methoxy groups -OCH3 is 1. The van der Waals surface area contributed by atoms with E-state index < -0.39 is 0 Å². The molecule has 0 spiro atoms. The molecule has 1 aromatic carbocycles. The van der Waals surface area contributed by atoms with Gasteiger partial charge in [0.1, 0.15) is 5.75 Å². The molecule has 1 heterocycles. The molecule has 0 unspecified atom stereocenters. The van der Waals surface area contributed by atoms with Gasteiger partial charge in [-0.1, -0.05) is 6.07 Å². The molecule has 4 nitrogen and oxygen atoms in total. The summed E-state index contributed by atoms with van der Waals surface area (Å²) < 4.78 is 5.28.